The van der Waals surface area contributed by atoms with E-state index in [1.165, 1.54) is 30.4 Å². The molecule has 1 aliphatic carbocycles. The molecule has 0 radical (unpaired) electrons. The molecular weight excluding hydrogens is 358 g/mol. The number of para-hydroxylation sites is 1. The van der Waals surface area contributed by atoms with E-state index in [9.17, 15) is 4.79 Å². The van der Waals surface area contributed by atoms with Crippen molar-refractivity contribution >= 4 is 28.3 Å². The Balaban J connectivity index is 1.67. The third-order valence-corrected chi connectivity index (χ3v) is 5.88. The van der Waals surface area contributed by atoms with Crippen LogP contribution >= 0.6 is 0 Å². The molecule has 3 aromatic rings. The van der Waals surface area contributed by atoms with Crippen molar-refractivity contribution in [1.29, 1.82) is 0 Å². The van der Waals surface area contributed by atoms with E-state index < -0.39 is 0 Å². The monoisotopic (exact) mass is 387 g/mol. The zero-order valence-electron chi connectivity index (χ0n) is 17.5. The Morgan fingerprint density at radius 2 is 1.72 bits per heavy atom. The van der Waals surface area contributed by atoms with Gasteiger partial charge in [-0.1, -0.05) is 44.0 Å². The van der Waals surface area contributed by atoms with Crippen LogP contribution in [0, 0.1) is 19.8 Å². The van der Waals surface area contributed by atoms with Crippen molar-refractivity contribution in [2.75, 3.05) is 5.32 Å². The van der Waals surface area contributed by atoms with Crippen LogP contribution in [0.3, 0.4) is 0 Å². The molecule has 0 saturated heterocycles. The number of fused-ring (bicyclic) bond motifs is 1. The average molecular weight is 388 g/mol. The minimum atomic E-state index is -0.00850. The number of amides is 1. The number of benzene rings is 2. The predicted molar refractivity (Wildman–Crippen MR) is 120 cm³/mol. The lowest BCUT2D eigenvalue weighted by molar-refractivity contribution is 0.0912. The first-order valence-corrected chi connectivity index (χ1v) is 10.6. The molecule has 0 unspecified atom stereocenters. The first-order valence-electron chi connectivity index (χ1n) is 10.6. The standard InChI is InChI=1S/C25H29N3O/c1-16-12-17(2)14-19(13-16)26-24-15-21(20-9-5-7-11-23(20)27-24)25(29)28-22-10-6-4-8-18(22)3/h5,7,9,11-15,18,22H,4,6,8,10H2,1-3H3,(H,26,27)(H,28,29)/t18-,22+/m0/s1. The second-order valence-corrected chi connectivity index (χ2v) is 8.42. The Morgan fingerprint density at radius 1 is 1.00 bits per heavy atom. The zero-order chi connectivity index (χ0) is 20.4. The highest BCUT2D eigenvalue weighted by Crippen LogP contribution is 2.27. The largest absolute Gasteiger partial charge is 0.349 e. The molecule has 29 heavy (non-hydrogen) atoms. The lowest BCUT2D eigenvalue weighted by Crippen LogP contribution is -2.41. The summed E-state index contributed by atoms with van der Waals surface area (Å²) in [6.45, 7) is 6.40. The fraction of sp³-hybridized carbons (Fsp3) is 0.360. The first kappa shape index (κ1) is 19.4. The van der Waals surface area contributed by atoms with Crippen LogP contribution in [0.15, 0.2) is 48.5 Å². The molecule has 1 aromatic heterocycles. The maximum absolute atomic E-state index is 13.2. The summed E-state index contributed by atoms with van der Waals surface area (Å²) >= 11 is 0. The molecule has 1 heterocycles. The molecule has 2 N–H and O–H groups in total. The van der Waals surface area contributed by atoms with Crippen molar-refractivity contribution in [3.8, 4) is 0 Å². The lowest BCUT2D eigenvalue weighted by atomic mass is 9.86. The fourth-order valence-electron chi connectivity index (χ4n) is 4.40. The Kier molecular flexibility index (Phi) is 5.52. The summed E-state index contributed by atoms with van der Waals surface area (Å²) in [7, 11) is 0. The molecule has 150 valence electrons. The van der Waals surface area contributed by atoms with Crippen LogP contribution in [0.4, 0.5) is 11.5 Å². The Bertz CT molecular complexity index is 1020. The van der Waals surface area contributed by atoms with Gasteiger partial charge in [-0.25, -0.2) is 4.98 Å². The van der Waals surface area contributed by atoms with Gasteiger partial charge in [0, 0.05) is 17.1 Å². The average Bonchev–Trinajstić information content (AvgIpc) is 2.68. The van der Waals surface area contributed by atoms with Gasteiger partial charge in [0.25, 0.3) is 5.91 Å². The zero-order valence-corrected chi connectivity index (χ0v) is 17.5. The van der Waals surface area contributed by atoms with Gasteiger partial charge in [-0.15, -0.1) is 0 Å². The van der Waals surface area contributed by atoms with Gasteiger partial charge < -0.3 is 10.6 Å². The molecule has 1 aliphatic rings. The number of aromatic nitrogens is 1. The van der Waals surface area contributed by atoms with Crippen LogP contribution in [0.1, 0.15) is 54.1 Å². The molecule has 4 heteroatoms. The molecule has 2 aromatic carbocycles. The van der Waals surface area contributed by atoms with Crippen LogP contribution in [-0.4, -0.2) is 16.9 Å². The van der Waals surface area contributed by atoms with Gasteiger partial charge in [-0.05, 0) is 68.0 Å². The number of carbonyl (C=O) groups excluding carboxylic acids is 1. The Hall–Kier alpha value is -2.88. The highest BCUT2D eigenvalue weighted by Gasteiger charge is 2.24. The van der Waals surface area contributed by atoms with Gasteiger partial charge >= 0.3 is 0 Å². The molecule has 4 rings (SSSR count). The number of hydrogen-bond acceptors (Lipinski definition) is 3. The van der Waals surface area contributed by atoms with Crippen LogP contribution in [-0.2, 0) is 0 Å². The van der Waals surface area contributed by atoms with E-state index in [4.69, 9.17) is 4.98 Å². The van der Waals surface area contributed by atoms with E-state index in [1.807, 2.05) is 30.3 Å². The van der Waals surface area contributed by atoms with Gasteiger partial charge in [0.05, 0.1) is 11.1 Å². The van der Waals surface area contributed by atoms with E-state index >= 15 is 0 Å². The molecule has 0 bridgehead atoms. The predicted octanol–water partition coefficient (Wildman–Crippen LogP) is 5.90. The second kappa shape index (κ2) is 8.24. The molecule has 0 aliphatic heterocycles. The summed E-state index contributed by atoms with van der Waals surface area (Å²) in [6.07, 6.45) is 4.69. The van der Waals surface area contributed by atoms with Crippen molar-refractivity contribution in [3.05, 3.63) is 65.2 Å². The van der Waals surface area contributed by atoms with Gasteiger partial charge in [0.2, 0.25) is 0 Å². The SMILES string of the molecule is Cc1cc(C)cc(Nc2cc(C(=O)N[C@@H]3CCCC[C@@H]3C)c3ccccc3n2)c1. The Morgan fingerprint density at radius 3 is 2.48 bits per heavy atom. The third-order valence-electron chi connectivity index (χ3n) is 5.88. The minimum Gasteiger partial charge on any atom is -0.349 e. The van der Waals surface area contributed by atoms with Gasteiger partial charge in [0.15, 0.2) is 0 Å². The number of aryl methyl sites for hydroxylation is 2. The first-order chi connectivity index (χ1) is 14.0. The molecular formula is C25H29N3O. The maximum atomic E-state index is 13.2. The van der Waals surface area contributed by atoms with E-state index in [0.29, 0.717) is 17.3 Å². The summed E-state index contributed by atoms with van der Waals surface area (Å²) < 4.78 is 0. The van der Waals surface area contributed by atoms with Crippen molar-refractivity contribution < 1.29 is 4.79 Å². The van der Waals surface area contributed by atoms with Crippen molar-refractivity contribution in [2.45, 2.75) is 52.5 Å². The van der Waals surface area contributed by atoms with E-state index in [-0.39, 0.29) is 11.9 Å². The fourth-order valence-corrected chi connectivity index (χ4v) is 4.40. The Labute approximate surface area is 172 Å². The van der Waals surface area contributed by atoms with Crippen LogP contribution in [0.5, 0.6) is 0 Å². The smallest absolute Gasteiger partial charge is 0.252 e. The summed E-state index contributed by atoms with van der Waals surface area (Å²) in [5.41, 5.74) is 4.87. The van der Waals surface area contributed by atoms with Crippen LogP contribution in [0.25, 0.3) is 10.9 Å². The van der Waals surface area contributed by atoms with Crippen molar-refractivity contribution in [2.24, 2.45) is 5.92 Å². The van der Waals surface area contributed by atoms with E-state index in [0.717, 1.165) is 23.0 Å². The number of rotatable bonds is 4. The van der Waals surface area contributed by atoms with Crippen LogP contribution < -0.4 is 10.6 Å². The van der Waals surface area contributed by atoms with Crippen LogP contribution in [0.2, 0.25) is 0 Å². The number of nitrogens with one attached hydrogen (secondary N) is 2. The molecule has 2 atom stereocenters. The normalized spacial score (nSPS) is 19.1. The molecule has 1 fully saturated rings. The highest BCUT2D eigenvalue weighted by molar-refractivity contribution is 6.07. The number of nitrogens with zero attached hydrogens (tertiary/aromatic N) is 1. The third kappa shape index (κ3) is 4.42. The molecule has 4 nitrogen and oxygen atoms in total. The summed E-state index contributed by atoms with van der Waals surface area (Å²) in [6, 6.07) is 16.3. The van der Waals surface area contributed by atoms with Gasteiger partial charge in [-0.3, -0.25) is 4.79 Å². The number of anilines is 2. The van der Waals surface area contributed by atoms with Crippen molar-refractivity contribution in [3.63, 3.8) is 0 Å². The van der Waals surface area contributed by atoms with E-state index in [2.05, 4.69) is 49.6 Å². The number of hydrogen-bond donors (Lipinski definition) is 2. The minimum absolute atomic E-state index is 0.00850. The maximum Gasteiger partial charge on any atom is 0.252 e. The molecule has 1 amide bonds. The lowest BCUT2D eigenvalue weighted by Gasteiger charge is -2.29. The summed E-state index contributed by atoms with van der Waals surface area (Å²) in [5.74, 6) is 1.20. The summed E-state index contributed by atoms with van der Waals surface area (Å²) in [5, 5.41) is 7.57. The quantitative estimate of drug-likeness (QED) is 0.586. The highest BCUT2D eigenvalue weighted by atomic mass is 16.1. The van der Waals surface area contributed by atoms with Gasteiger partial charge in [0.1, 0.15) is 5.82 Å². The molecule has 0 spiro atoms. The molecule has 1 saturated carbocycles. The van der Waals surface area contributed by atoms with E-state index in [1.54, 1.807) is 0 Å². The van der Waals surface area contributed by atoms with Crippen molar-refractivity contribution in [1.82, 2.24) is 10.3 Å². The van der Waals surface area contributed by atoms with Gasteiger partial charge in [-0.2, -0.15) is 0 Å². The number of pyridine rings is 1. The topological polar surface area (TPSA) is 54.0 Å². The second-order valence-electron chi connectivity index (χ2n) is 8.42. The summed E-state index contributed by atoms with van der Waals surface area (Å²) in [4.78, 5) is 18.0. The number of carbonyl (C=O) groups is 1.